The number of rotatable bonds is 1. The molecular formula is C14H12N2S. The fraction of sp³-hybridized carbons (Fsp3) is 0.0714. The zero-order valence-corrected chi connectivity index (χ0v) is 10.3. The van der Waals surface area contributed by atoms with E-state index in [1.54, 1.807) is 0 Å². The molecule has 0 fully saturated rings. The van der Waals surface area contributed by atoms with E-state index in [1.165, 1.54) is 5.56 Å². The number of imidazole rings is 1. The van der Waals surface area contributed by atoms with Crippen LogP contribution in [0.1, 0.15) is 5.56 Å². The zero-order valence-electron chi connectivity index (χ0n) is 9.47. The lowest BCUT2D eigenvalue weighted by atomic mass is 10.2. The number of fused-ring (bicyclic) bond motifs is 1. The van der Waals surface area contributed by atoms with Gasteiger partial charge in [-0.15, -0.1) is 0 Å². The molecule has 0 unspecified atom stereocenters. The maximum atomic E-state index is 5.40. The maximum Gasteiger partial charge on any atom is 0.182 e. The van der Waals surface area contributed by atoms with Crippen LogP contribution in [0.3, 0.4) is 0 Å². The van der Waals surface area contributed by atoms with E-state index in [1.807, 2.05) is 18.2 Å². The molecule has 0 bridgehead atoms. The molecule has 1 heterocycles. The van der Waals surface area contributed by atoms with Crippen LogP contribution in [0.2, 0.25) is 0 Å². The average molecular weight is 240 g/mol. The van der Waals surface area contributed by atoms with Gasteiger partial charge >= 0.3 is 0 Å². The summed E-state index contributed by atoms with van der Waals surface area (Å²) in [5.74, 6) is 0. The van der Waals surface area contributed by atoms with Crippen molar-refractivity contribution in [1.82, 2.24) is 9.55 Å². The van der Waals surface area contributed by atoms with Crippen LogP contribution in [0.25, 0.3) is 16.7 Å². The first-order chi connectivity index (χ1) is 8.27. The molecule has 0 spiro atoms. The highest BCUT2D eigenvalue weighted by molar-refractivity contribution is 7.71. The van der Waals surface area contributed by atoms with Crippen molar-refractivity contribution in [3.63, 3.8) is 0 Å². The largest absolute Gasteiger partial charge is 0.330 e. The van der Waals surface area contributed by atoms with Crippen molar-refractivity contribution in [2.45, 2.75) is 6.92 Å². The van der Waals surface area contributed by atoms with Gasteiger partial charge in [-0.1, -0.05) is 30.3 Å². The molecule has 3 rings (SSSR count). The van der Waals surface area contributed by atoms with Crippen molar-refractivity contribution >= 4 is 23.3 Å². The predicted molar refractivity (Wildman–Crippen MR) is 73.2 cm³/mol. The molecule has 2 aromatic carbocycles. The van der Waals surface area contributed by atoms with Crippen LogP contribution in [0.15, 0.2) is 48.5 Å². The van der Waals surface area contributed by atoms with Crippen LogP contribution in [0.5, 0.6) is 0 Å². The number of hydrogen-bond acceptors (Lipinski definition) is 1. The van der Waals surface area contributed by atoms with Gasteiger partial charge in [0.05, 0.1) is 11.0 Å². The highest BCUT2D eigenvalue weighted by Gasteiger charge is 2.06. The minimum Gasteiger partial charge on any atom is -0.330 e. The van der Waals surface area contributed by atoms with Crippen LogP contribution >= 0.6 is 12.2 Å². The van der Waals surface area contributed by atoms with Crippen molar-refractivity contribution in [3.8, 4) is 5.69 Å². The SMILES string of the molecule is Cc1cccc2c1[nH]c(=S)n2-c1ccccc1. The third-order valence-electron chi connectivity index (χ3n) is 2.94. The number of para-hydroxylation sites is 2. The number of aromatic amines is 1. The number of aromatic nitrogens is 2. The third kappa shape index (κ3) is 1.59. The number of aryl methyl sites for hydroxylation is 1. The van der Waals surface area contributed by atoms with Crippen molar-refractivity contribution in [3.05, 3.63) is 58.9 Å². The Bertz CT molecular complexity index is 723. The Balaban J connectivity index is 2.42. The molecule has 0 saturated heterocycles. The summed E-state index contributed by atoms with van der Waals surface area (Å²) in [5, 5.41) is 0. The molecule has 0 amide bonds. The Morgan fingerprint density at radius 2 is 1.76 bits per heavy atom. The van der Waals surface area contributed by atoms with Gasteiger partial charge in [-0.2, -0.15) is 0 Å². The van der Waals surface area contributed by atoms with Crippen molar-refractivity contribution in [2.24, 2.45) is 0 Å². The molecule has 0 radical (unpaired) electrons. The van der Waals surface area contributed by atoms with E-state index in [4.69, 9.17) is 12.2 Å². The number of nitrogens with one attached hydrogen (secondary N) is 1. The molecule has 2 nitrogen and oxygen atoms in total. The van der Waals surface area contributed by atoms with Crippen LogP contribution < -0.4 is 0 Å². The third-order valence-corrected chi connectivity index (χ3v) is 3.23. The molecule has 84 valence electrons. The zero-order chi connectivity index (χ0) is 11.8. The normalized spacial score (nSPS) is 10.9. The van der Waals surface area contributed by atoms with E-state index in [0.29, 0.717) is 0 Å². The van der Waals surface area contributed by atoms with Crippen LogP contribution in [-0.4, -0.2) is 9.55 Å². The lowest BCUT2D eigenvalue weighted by molar-refractivity contribution is 1.06. The summed E-state index contributed by atoms with van der Waals surface area (Å²) in [6, 6.07) is 16.4. The van der Waals surface area contributed by atoms with Crippen molar-refractivity contribution in [1.29, 1.82) is 0 Å². The van der Waals surface area contributed by atoms with Gasteiger partial charge in [0.15, 0.2) is 4.77 Å². The van der Waals surface area contributed by atoms with Crippen LogP contribution in [0, 0.1) is 11.7 Å². The van der Waals surface area contributed by atoms with Gasteiger partial charge in [0.1, 0.15) is 0 Å². The van der Waals surface area contributed by atoms with Gasteiger partial charge in [-0.25, -0.2) is 0 Å². The lowest BCUT2D eigenvalue weighted by Gasteiger charge is -2.04. The van der Waals surface area contributed by atoms with Gasteiger partial charge in [0.2, 0.25) is 0 Å². The number of nitrogens with zero attached hydrogens (tertiary/aromatic N) is 1. The highest BCUT2D eigenvalue weighted by atomic mass is 32.1. The Kier molecular flexibility index (Phi) is 2.34. The van der Waals surface area contributed by atoms with Gasteiger partial charge in [-0.05, 0) is 42.9 Å². The van der Waals surface area contributed by atoms with Crippen molar-refractivity contribution < 1.29 is 0 Å². The summed E-state index contributed by atoms with van der Waals surface area (Å²) >= 11 is 5.40. The van der Waals surface area contributed by atoms with Crippen molar-refractivity contribution in [2.75, 3.05) is 0 Å². The summed E-state index contributed by atoms with van der Waals surface area (Å²) in [6.45, 7) is 2.09. The average Bonchev–Trinajstić information content (AvgIpc) is 2.68. The van der Waals surface area contributed by atoms with E-state index in [0.717, 1.165) is 21.5 Å². The van der Waals surface area contributed by atoms with E-state index in [9.17, 15) is 0 Å². The van der Waals surface area contributed by atoms with Gasteiger partial charge in [0.25, 0.3) is 0 Å². The van der Waals surface area contributed by atoms with Gasteiger partial charge in [0, 0.05) is 5.69 Å². The Labute approximate surface area is 105 Å². The summed E-state index contributed by atoms with van der Waals surface area (Å²) in [7, 11) is 0. The molecule has 3 heteroatoms. The summed E-state index contributed by atoms with van der Waals surface area (Å²) in [6.07, 6.45) is 0. The standard InChI is InChI=1S/C14H12N2S/c1-10-6-5-9-12-13(10)15-14(17)16(12)11-7-3-2-4-8-11/h2-9H,1H3,(H,15,17). The topological polar surface area (TPSA) is 20.7 Å². The molecule has 0 saturated carbocycles. The first-order valence-corrected chi connectivity index (χ1v) is 5.94. The fourth-order valence-electron chi connectivity index (χ4n) is 2.11. The number of H-pyrrole nitrogens is 1. The minimum atomic E-state index is 0.737. The Morgan fingerprint density at radius 3 is 2.53 bits per heavy atom. The first kappa shape index (κ1) is 10.3. The van der Waals surface area contributed by atoms with Crippen LogP contribution in [-0.2, 0) is 0 Å². The summed E-state index contributed by atoms with van der Waals surface area (Å²) in [4.78, 5) is 3.27. The lowest BCUT2D eigenvalue weighted by Crippen LogP contribution is -1.92. The smallest absolute Gasteiger partial charge is 0.182 e. The molecule has 0 aliphatic carbocycles. The first-order valence-electron chi connectivity index (χ1n) is 5.53. The second-order valence-corrected chi connectivity index (χ2v) is 4.46. The molecule has 17 heavy (non-hydrogen) atoms. The maximum absolute atomic E-state index is 5.40. The second-order valence-electron chi connectivity index (χ2n) is 4.07. The van der Waals surface area contributed by atoms with E-state index in [2.05, 4.69) is 46.8 Å². The summed E-state index contributed by atoms with van der Waals surface area (Å²) < 4.78 is 2.80. The molecule has 0 aliphatic heterocycles. The highest BCUT2D eigenvalue weighted by Crippen LogP contribution is 2.21. The molecule has 0 atom stereocenters. The predicted octanol–water partition coefficient (Wildman–Crippen LogP) is 4.00. The van der Waals surface area contributed by atoms with Crippen LogP contribution in [0.4, 0.5) is 0 Å². The van der Waals surface area contributed by atoms with E-state index < -0.39 is 0 Å². The van der Waals surface area contributed by atoms with E-state index in [-0.39, 0.29) is 0 Å². The second kappa shape index (κ2) is 3.86. The Morgan fingerprint density at radius 1 is 1.00 bits per heavy atom. The molecule has 0 aliphatic rings. The fourth-order valence-corrected chi connectivity index (χ4v) is 2.41. The quantitative estimate of drug-likeness (QED) is 0.638. The van der Waals surface area contributed by atoms with E-state index >= 15 is 0 Å². The number of hydrogen-bond donors (Lipinski definition) is 1. The Hall–Kier alpha value is -1.87. The number of benzene rings is 2. The molecule has 1 aromatic heterocycles. The summed E-state index contributed by atoms with van der Waals surface area (Å²) in [5.41, 5.74) is 4.54. The molecule has 1 N–H and O–H groups in total. The monoisotopic (exact) mass is 240 g/mol. The molecular weight excluding hydrogens is 228 g/mol. The van der Waals surface area contributed by atoms with Gasteiger partial charge < -0.3 is 4.98 Å². The van der Waals surface area contributed by atoms with Gasteiger partial charge in [-0.3, -0.25) is 4.57 Å². The molecule has 3 aromatic rings. The minimum absolute atomic E-state index is 0.737.